The van der Waals surface area contributed by atoms with Crippen molar-refractivity contribution in [3.05, 3.63) is 0 Å². The fourth-order valence-corrected chi connectivity index (χ4v) is 1.87. The lowest BCUT2D eigenvalue weighted by Gasteiger charge is -2.15. The van der Waals surface area contributed by atoms with Gasteiger partial charge in [-0.25, -0.2) is 0 Å². The second kappa shape index (κ2) is 5.67. The van der Waals surface area contributed by atoms with Crippen LogP contribution < -0.4 is 10.6 Å². The normalized spacial score (nSPS) is 23.9. The number of hydrogen-bond acceptors (Lipinski definition) is 2. The van der Waals surface area contributed by atoms with Crippen LogP contribution in [0.5, 0.6) is 0 Å². The summed E-state index contributed by atoms with van der Waals surface area (Å²) in [5.74, 6) is 0.138. The summed E-state index contributed by atoms with van der Waals surface area (Å²) in [7, 11) is 0. The second-order valence-electron chi connectivity index (χ2n) is 5.63. The van der Waals surface area contributed by atoms with Gasteiger partial charge in [-0.3, -0.25) is 4.79 Å². The molecule has 1 saturated carbocycles. The number of carbonyl (C=O) groups excluding carboxylic acids is 1. The SMILES string of the molecule is CCCCCNC(=O)C(C)NC1CC1(C)C. The van der Waals surface area contributed by atoms with E-state index in [2.05, 4.69) is 31.4 Å². The Morgan fingerprint density at radius 3 is 2.56 bits per heavy atom. The molecule has 3 nitrogen and oxygen atoms in total. The van der Waals surface area contributed by atoms with Gasteiger partial charge in [0.25, 0.3) is 0 Å². The van der Waals surface area contributed by atoms with Crippen LogP contribution in [-0.4, -0.2) is 24.5 Å². The third kappa shape index (κ3) is 4.12. The van der Waals surface area contributed by atoms with E-state index < -0.39 is 0 Å². The zero-order valence-corrected chi connectivity index (χ0v) is 11.1. The van der Waals surface area contributed by atoms with Crippen molar-refractivity contribution in [1.82, 2.24) is 10.6 Å². The Bertz CT molecular complexity index is 238. The van der Waals surface area contributed by atoms with Crippen molar-refractivity contribution in [3.8, 4) is 0 Å². The molecule has 0 aromatic heterocycles. The molecule has 0 radical (unpaired) electrons. The Morgan fingerprint density at radius 1 is 1.44 bits per heavy atom. The topological polar surface area (TPSA) is 41.1 Å². The van der Waals surface area contributed by atoms with E-state index in [1.54, 1.807) is 0 Å². The highest BCUT2D eigenvalue weighted by atomic mass is 16.2. The van der Waals surface area contributed by atoms with Gasteiger partial charge in [-0.2, -0.15) is 0 Å². The fourth-order valence-electron chi connectivity index (χ4n) is 1.87. The first kappa shape index (κ1) is 13.5. The van der Waals surface area contributed by atoms with Gasteiger partial charge < -0.3 is 10.6 Å². The van der Waals surface area contributed by atoms with Crippen LogP contribution in [0.3, 0.4) is 0 Å². The summed E-state index contributed by atoms with van der Waals surface area (Å²) in [5.41, 5.74) is 0.386. The highest BCUT2D eigenvalue weighted by molar-refractivity contribution is 5.81. The Labute approximate surface area is 99.4 Å². The minimum Gasteiger partial charge on any atom is -0.355 e. The molecule has 3 heteroatoms. The quantitative estimate of drug-likeness (QED) is 0.653. The van der Waals surface area contributed by atoms with E-state index in [-0.39, 0.29) is 11.9 Å². The van der Waals surface area contributed by atoms with Gasteiger partial charge in [-0.1, -0.05) is 33.6 Å². The Kier molecular flexibility index (Phi) is 4.78. The zero-order valence-electron chi connectivity index (χ0n) is 11.1. The maximum Gasteiger partial charge on any atom is 0.236 e. The molecule has 0 spiro atoms. The Hall–Kier alpha value is -0.570. The molecule has 2 N–H and O–H groups in total. The molecule has 2 atom stereocenters. The second-order valence-corrected chi connectivity index (χ2v) is 5.63. The third-order valence-corrected chi connectivity index (χ3v) is 3.44. The lowest BCUT2D eigenvalue weighted by atomic mass is 10.2. The van der Waals surface area contributed by atoms with Gasteiger partial charge >= 0.3 is 0 Å². The van der Waals surface area contributed by atoms with E-state index in [0.717, 1.165) is 13.0 Å². The maximum absolute atomic E-state index is 11.7. The monoisotopic (exact) mass is 226 g/mol. The lowest BCUT2D eigenvalue weighted by Crippen LogP contribution is -2.44. The average Bonchev–Trinajstić information content (AvgIpc) is 2.80. The van der Waals surface area contributed by atoms with E-state index in [4.69, 9.17) is 0 Å². The third-order valence-electron chi connectivity index (χ3n) is 3.44. The fraction of sp³-hybridized carbons (Fsp3) is 0.923. The maximum atomic E-state index is 11.7. The van der Waals surface area contributed by atoms with Crippen molar-refractivity contribution in [3.63, 3.8) is 0 Å². The molecule has 1 amide bonds. The summed E-state index contributed by atoms with van der Waals surface area (Å²) in [4.78, 5) is 11.7. The van der Waals surface area contributed by atoms with Gasteiger partial charge in [-0.15, -0.1) is 0 Å². The summed E-state index contributed by atoms with van der Waals surface area (Å²) >= 11 is 0. The number of nitrogens with one attached hydrogen (secondary N) is 2. The molecule has 0 aromatic carbocycles. The van der Waals surface area contributed by atoms with Crippen LogP contribution in [0.1, 0.15) is 53.4 Å². The summed E-state index contributed by atoms with van der Waals surface area (Å²) in [6, 6.07) is 0.456. The van der Waals surface area contributed by atoms with Crippen LogP contribution in [-0.2, 0) is 4.79 Å². The summed E-state index contributed by atoms with van der Waals surface area (Å²) in [6.07, 6.45) is 4.65. The zero-order chi connectivity index (χ0) is 12.2. The predicted molar refractivity (Wildman–Crippen MR) is 67.3 cm³/mol. The molecule has 1 rings (SSSR count). The van der Waals surface area contributed by atoms with Crippen LogP contribution >= 0.6 is 0 Å². The van der Waals surface area contributed by atoms with Gasteiger partial charge in [0, 0.05) is 12.6 Å². The van der Waals surface area contributed by atoms with Gasteiger partial charge in [0.2, 0.25) is 5.91 Å². The molecule has 16 heavy (non-hydrogen) atoms. The summed E-state index contributed by atoms with van der Waals surface area (Å²) < 4.78 is 0. The summed E-state index contributed by atoms with van der Waals surface area (Å²) in [6.45, 7) is 9.39. The van der Waals surface area contributed by atoms with Crippen molar-refractivity contribution in [2.45, 2.75) is 65.5 Å². The smallest absolute Gasteiger partial charge is 0.236 e. The van der Waals surface area contributed by atoms with Crippen LogP contribution in [0.25, 0.3) is 0 Å². The number of amides is 1. The molecule has 1 aliphatic carbocycles. The molecule has 1 fully saturated rings. The molecule has 0 saturated heterocycles. The van der Waals surface area contributed by atoms with Gasteiger partial charge in [0.1, 0.15) is 0 Å². The number of hydrogen-bond donors (Lipinski definition) is 2. The molecular weight excluding hydrogens is 200 g/mol. The van der Waals surface area contributed by atoms with Crippen molar-refractivity contribution < 1.29 is 4.79 Å². The van der Waals surface area contributed by atoms with E-state index in [1.165, 1.54) is 19.3 Å². The van der Waals surface area contributed by atoms with Gasteiger partial charge in [0.05, 0.1) is 6.04 Å². The number of unbranched alkanes of at least 4 members (excludes halogenated alkanes) is 2. The minimum atomic E-state index is -0.0617. The van der Waals surface area contributed by atoms with E-state index >= 15 is 0 Å². The number of carbonyl (C=O) groups is 1. The van der Waals surface area contributed by atoms with E-state index in [9.17, 15) is 4.79 Å². The molecular formula is C13H26N2O. The molecule has 0 bridgehead atoms. The molecule has 0 aliphatic heterocycles. The molecule has 2 unspecified atom stereocenters. The van der Waals surface area contributed by atoms with Crippen LogP contribution in [0.4, 0.5) is 0 Å². The lowest BCUT2D eigenvalue weighted by molar-refractivity contribution is -0.122. The van der Waals surface area contributed by atoms with Crippen LogP contribution in [0, 0.1) is 5.41 Å². The highest BCUT2D eigenvalue weighted by Gasteiger charge is 2.46. The average molecular weight is 226 g/mol. The van der Waals surface area contributed by atoms with Crippen molar-refractivity contribution in [1.29, 1.82) is 0 Å². The van der Waals surface area contributed by atoms with Gasteiger partial charge in [0.15, 0.2) is 0 Å². The first-order valence-electron chi connectivity index (χ1n) is 6.51. The van der Waals surface area contributed by atoms with Gasteiger partial charge in [-0.05, 0) is 25.2 Å². The van der Waals surface area contributed by atoms with E-state index in [1.807, 2.05) is 6.92 Å². The predicted octanol–water partition coefficient (Wildman–Crippen LogP) is 2.07. The van der Waals surface area contributed by atoms with Crippen molar-refractivity contribution >= 4 is 5.91 Å². The molecule has 94 valence electrons. The molecule has 0 aromatic rings. The molecule has 0 heterocycles. The Balaban J connectivity index is 2.11. The van der Waals surface area contributed by atoms with Crippen molar-refractivity contribution in [2.75, 3.05) is 6.54 Å². The first-order chi connectivity index (χ1) is 7.47. The van der Waals surface area contributed by atoms with E-state index in [0.29, 0.717) is 11.5 Å². The van der Waals surface area contributed by atoms with Crippen molar-refractivity contribution in [2.24, 2.45) is 5.41 Å². The first-order valence-corrected chi connectivity index (χ1v) is 6.51. The Morgan fingerprint density at radius 2 is 2.06 bits per heavy atom. The molecule has 1 aliphatic rings. The minimum absolute atomic E-state index is 0.0617. The highest BCUT2D eigenvalue weighted by Crippen LogP contribution is 2.44. The largest absolute Gasteiger partial charge is 0.355 e. The number of rotatable bonds is 7. The standard InChI is InChI=1S/C13H26N2O/c1-5-6-7-8-14-12(16)10(2)15-11-9-13(11,3)4/h10-11,15H,5-9H2,1-4H3,(H,14,16). The van der Waals surface area contributed by atoms with Crippen LogP contribution in [0.15, 0.2) is 0 Å². The summed E-state index contributed by atoms with van der Waals surface area (Å²) in [5, 5.41) is 6.35. The van der Waals surface area contributed by atoms with Crippen LogP contribution in [0.2, 0.25) is 0 Å².